The predicted octanol–water partition coefficient (Wildman–Crippen LogP) is 5.31. The van der Waals surface area contributed by atoms with Gasteiger partial charge in [-0.3, -0.25) is 4.98 Å². The van der Waals surface area contributed by atoms with Crippen molar-refractivity contribution in [3.05, 3.63) is 89.6 Å². The van der Waals surface area contributed by atoms with Crippen molar-refractivity contribution in [3.63, 3.8) is 0 Å². The zero-order chi connectivity index (χ0) is 17.8. The van der Waals surface area contributed by atoms with E-state index >= 15 is 0 Å². The van der Waals surface area contributed by atoms with Crippen LogP contribution in [0.15, 0.2) is 71.3 Å². The Balaban J connectivity index is 1.49. The standard InChI is InChI=1S/C22H19N3O/c1-16-5-10-20(26-16)15-24-22-12-8-18-14-17(7-11-21(18)25-22)6-9-19-4-2-3-13-23-19/h2-14H,15H2,1H3,(H,24,25). The first-order valence-electron chi connectivity index (χ1n) is 8.55. The lowest BCUT2D eigenvalue weighted by molar-refractivity contribution is 0.490. The molecule has 0 atom stereocenters. The van der Waals surface area contributed by atoms with Crippen LogP contribution in [0.3, 0.4) is 0 Å². The highest BCUT2D eigenvalue weighted by Crippen LogP contribution is 2.19. The molecule has 0 aliphatic heterocycles. The number of benzene rings is 1. The third kappa shape index (κ3) is 3.81. The van der Waals surface area contributed by atoms with Crippen molar-refractivity contribution in [2.75, 3.05) is 5.32 Å². The van der Waals surface area contributed by atoms with E-state index in [4.69, 9.17) is 4.42 Å². The van der Waals surface area contributed by atoms with E-state index < -0.39 is 0 Å². The normalized spacial score (nSPS) is 11.3. The smallest absolute Gasteiger partial charge is 0.127 e. The van der Waals surface area contributed by atoms with Crippen LogP contribution < -0.4 is 5.32 Å². The fourth-order valence-corrected chi connectivity index (χ4v) is 2.76. The molecular formula is C22H19N3O. The van der Waals surface area contributed by atoms with E-state index in [1.54, 1.807) is 6.20 Å². The molecule has 0 spiro atoms. The van der Waals surface area contributed by atoms with Crippen molar-refractivity contribution in [3.8, 4) is 0 Å². The SMILES string of the molecule is Cc1ccc(CNc2ccc3cc(C=Cc4ccccn4)ccc3n2)o1. The molecule has 3 aromatic heterocycles. The van der Waals surface area contributed by atoms with Gasteiger partial charge in [0.25, 0.3) is 0 Å². The lowest BCUT2D eigenvalue weighted by Gasteiger charge is -2.06. The molecule has 0 aliphatic carbocycles. The number of anilines is 1. The van der Waals surface area contributed by atoms with Gasteiger partial charge in [0, 0.05) is 11.6 Å². The van der Waals surface area contributed by atoms with Crippen LogP contribution in [0.5, 0.6) is 0 Å². The quantitative estimate of drug-likeness (QED) is 0.534. The number of hydrogen-bond acceptors (Lipinski definition) is 4. The van der Waals surface area contributed by atoms with Crippen LogP contribution in [0.4, 0.5) is 5.82 Å². The highest BCUT2D eigenvalue weighted by Gasteiger charge is 2.02. The van der Waals surface area contributed by atoms with E-state index in [0.717, 1.165) is 39.5 Å². The maximum atomic E-state index is 5.57. The van der Waals surface area contributed by atoms with Crippen LogP contribution >= 0.6 is 0 Å². The third-order valence-electron chi connectivity index (χ3n) is 4.09. The number of nitrogens with zero attached hydrogens (tertiary/aromatic N) is 2. The van der Waals surface area contributed by atoms with Gasteiger partial charge in [0.15, 0.2) is 0 Å². The van der Waals surface area contributed by atoms with Gasteiger partial charge >= 0.3 is 0 Å². The molecular weight excluding hydrogens is 322 g/mol. The first-order valence-corrected chi connectivity index (χ1v) is 8.55. The summed E-state index contributed by atoms with van der Waals surface area (Å²) in [6.07, 6.45) is 5.87. The van der Waals surface area contributed by atoms with E-state index in [1.807, 2.05) is 55.5 Å². The monoisotopic (exact) mass is 341 g/mol. The first-order chi connectivity index (χ1) is 12.8. The number of pyridine rings is 2. The van der Waals surface area contributed by atoms with Crippen LogP contribution in [-0.2, 0) is 6.54 Å². The van der Waals surface area contributed by atoms with Crippen LogP contribution in [0.1, 0.15) is 22.8 Å². The van der Waals surface area contributed by atoms with Crippen LogP contribution in [-0.4, -0.2) is 9.97 Å². The molecule has 4 nitrogen and oxygen atoms in total. The number of nitrogens with one attached hydrogen (secondary N) is 1. The van der Waals surface area contributed by atoms with Crippen LogP contribution in [0, 0.1) is 6.92 Å². The molecule has 0 fully saturated rings. The van der Waals surface area contributed by atoms with Crippen molar-refractivity contribution in [1.82, 2.24) is 9.97 Å². The Hall–Kier alpha value is -3.40. The summed E-state index contributed by atoms with van der Waals surface area (Å²) >= 11 is 0. The van der Waals surface area contributed by atoms with Gasteiger partial charge in [-0.15, -0.1) is 0 Å². The number of aryl methyl sites for hydroxylation is 1. The Labute approximate surface area is 152 Å². The maximum absolute atomic E-state index is 5.57. The lowest BCUT2D eigenvalue weighted by Crippen LogP contribution is -2.00. The molecule has 1 aromatic carbocycles. The van der Waals surface area contributed by atoms with Crippen molar-refractivity contribution in [2.24, 2.45) is 0 Å². The summed E-state index contributed by atoms with van der Waals surface area (Å²) in [4.78, 5) is 8.97. The molecule has 0 saturated heterocycles. The second-order valence-corrected chi connectivity index (χ2v) is 6.10. The Morgan fingerprint density at radius 2 is 1.96 bits per heavy atom. The Bertz CT molecular complexity index is 1050. The molecule has 4 aromatic rings. The summed E-state index contributed by atoms with van der Waals surface area (Å²) in [6.45, 7) is 2.56. The zero-order valence-electron chi connectivity index (χ0n) is 14.5. The molecule has 0 radical (unpaired) electrons. The van der Waals surface area contributed by atoms with E-state index in [2.05, 4.69) is 39.6 Å². The van der Waals surface area contributed by atoms with Crippen LogP contribution in [0.2, 0.25) is 0 Å². The number of rotatable bonds is 5. The summed E-state index contributed by atoms with van der Waals surface area (Å²) < 4.78 is 5.57. The summed E-state index contributed by atoms with van der Waals surface area (Å²) in [6, 6.07) is 20.1. The average molecular weight is 341 g/mol. The second-order valence-electron chi connectivity index (χ2n) is 6.10. The molecule has 26 heavy (non-hydrogen) atoms. The van der Waals surface area contributed by atoms with E-state index in [0.29, 0.717) is 6.54 Å². The number of furan rings is 1. The van der Waals surface area contributed by atoms with E-state index in [1.165, 1.54) is 0 Å². The number of fused-ring (bicyclic) bond motifs is 1. The highest BCUT2D eigenvalue weighted by atomic mass is 16.3. The van der Waals surface area contributed by atoms with Crippen molar-refractivity contribution < 1.29 is 4.42 Å². The van der Waals surface area contributed by atoms with Gasteiger partial charge in [0.1, 0.15) is 17.3 Å². The highest BCUT2D eigenvalue weighted by molar-refractivity contribution is 5.84. The van der Waals surface area contributed by atoms with Gasteiger partial charge < -0.3 is 9.73 Å². The molecule has 0 unspecified atom stereocenters. The molecule has 128 valence electrons. The van der Waals surface area contributed by atoms with E-state index in [-0.39, 0.29) is 0 Å². The summed E-state index contributed by atoms with van der Waals surface area (Å²) in [7, 11) is 0. The molecule has 0 saturated carbocycles. The van der Waals surface area contributed by atoms with Gasteiger partial charge in [0.05, 0.1) is 17.8 Å². The fourth-order valence-electron chi connectivity index (χ4n) is 2.76. The molecule has 4 heteroatoms. The van der Waals surface area contributed by atoms with Crippen LogP contribution in [0.25, 0.3) is 23.1 Å². The summed E-state index contributed by atoms with van der Waals surface area (Å²) in [5.74, 6) is 2.65. The molecule has 1 N–H and O–H groups in total. The summed E-state index contributed by atoms with van der Waals surface area (Å²) in [5, 5.41) is 4.40. The van der Waals surface area contributed by atoms with Gasteiger partial charge in [-0.1, -0.05) is 18.2 Å². The minimum Gasteiger partial charge on any atom is -0.465 e. The van der Waals surface area contributed by atoms with Gasteiger partial charge in [-0.25, -0.2) is 4.98 Å². The minimum absolute atomic E-state index is 0.622. The molecule has 4 rings (SSSR count). The first kappa shape index (κ1) is 16.1. The second kappa shape index (κ2) is 7.23. The van der Waals surface area contributed by atoms with Gasteiger partial charge in [0.2, 0.25) is 0 Å². The molecule has 0 bridgehead atoms. The number of aromatic nitrogens is 2. The maximum Gasteiger partial charge on any atom is 0.127 e. The van der Waals surface area contributed by atoms with Gasteiger partial charge in [-0.05, 0) is 67.1 Å². The zero-order valence-corrected chi connectivity index (χ0v) is 14.5. The van der Waals surface area contributed by atoms with Crippen molar-refractivity contribution in [2.45, 2.75) is 13.5 Å². The predicted molar refractivity (Wildman–Crippen MR) is 106 cm³/mol. The topological polar surface area (TPSA) is 51.0 Å². The third-order valence-corrected chi connectivity index (χ3v) is 4.09. The Kier molecular flexibility index (Phi) is 4.48. The molecule has 3 heterocycles. The average Bonchev–Trinajstić information content (AvgIpc) is 3.10. The summed E-state index contributed by atoms with van der Waals surface area (Å²) in [5.41, 5.74) is 3.02. The fraction of sp³-hybridized carbons (Fsp3) is 0.0909. The number of hydrogen-bond donors (Lipinski definition) is 1. The minimum atomic E-state index is 0.622. The molecule has 0 amide bonds. The largest absolute Gasteiger partial charge is 0.465 e. The lowest BCUT2D eigenvalue weighted by atomic mass is 10.1. The Morgan fingerprint density at radius 3 is 2.77 bits per heavy atom. The van der Waals surface area contributed by atoms with Gasteiger partial charge in [-0.2, -0.15) is 0 Å². The molecule has 0 aliphatic rings. The van der Waals surface area contributed by atoms with Crippen molar-refractivity contribution in [1.29, 1.82) is 0 Å². The Morgan fingerprint density at radius 1 is 1.00 bits per heavy atom. The van der Waals surface area contributed by atoms with Crippen molar-refractivity contribution >= 4 is 28.9 Å². The van der Waals surface area contributed by atoms with E-state index in [9.17, 15) is 0 Å².